The van der Waals surface area contributed by atoms with Crippen molar-refractivity contribution in [2.24, 2.45) is 0 Å². The van der Waals surface area contributed by atoms with Crippen LogP contribution in [0.2, 0.25) is 0 Å². The summed E-state index contributed by atoms with van der Waals surface area (Å²) in [7, 11) is 0. The summed E-state index contributed by atoms with van der Waals surface area (Å²) in [6.45, 7) is 1.72. The van der Waals surface area contributed by atoms with Gasteiger partial charge in [0.25, 0.3) is 0 Å². The second-order valence-corrected chi connectivity index (χ2v) is 4.29. The van der Waals surface area contributed by atoms with Crippen LogP contribution >= 0.6 is 0 Å². The number of nitrogens with one attached hydrogen (secondary N) is 2. The fraction of sp³-hybridized carbons (Fsp3) is 0.417. The van der Waals surface area contributed by atoms with Crippen LogP contribution in [0.25, 0.3) is 0 Å². The van der Waals surface area contributed by atoms with Crippen LogP contribution in [-0.4, -0.2) is 40.3 Å². The number of hydrogen-bond donors (Lipinski definition) is 4. The molecule has 1 unspecified atom stereocenters. The number of amides is 2. The molecule has 1 heterocycles. The van der Waals surface area contributed by atoms with Crippen LogP contribution in [0.15, 0.2) is 22.8 Å². The van der Waals surface area contributed by atoms with E-state index < -0.39 is 30.4 Å². The maximum atomic E-state index is 11.6. The Bertz CT molecular complexity index is 470. The van der Waals surface area contributed by atoms with Gasteiger partial charge in [-0.2, -0.15) is 0 Å². The molecular formula is C12H16N2O6. The van der Waals surface area contributed by atoms with Gasteiger partial charge in [0, 0.05) is 12.5 Å². The summed E-state index contributed by atoms with van der Waals surface area (Å²) >= 11 is 0. The Balaban J connectivity index is 2.44. The molecule has 0 aliphatic carbocycles. The van der Waals surface area contributed by atoms with E-state index in [1.165, 1.54) is 6.26 Å². The van der Waals surface area contributed by atoms with Crippen LogP contribution in [-0.2, 0) is 16.0 Å². The average molecular weight is 284 g/mol. The van der Waals surface area contributed by atoms with Gasteiger partial charge in [0.05, 0.1) is 12.7 Å². The molecule has 110 valence electrons. The van der Waals surface area contributed by atoms with Gasteiger partial charge >= 0.3 is 18.0 Å². The summed E-state index contributed by atoms with van der Waals surface area (Å²) in [4.78, 5) is 32.8. The van der Waals surface area contributed by atoms with Crippen molar-refractivity contribution < 1.29 is 29.0 Å². The Labute approximate surface area is 114 Å². The van der Waals surface area contributed by atoms with Crippen LogP contribution in [0.5, 0.6) is 0 Å². The number of urea groups is 1. The van der Waals surface area contributed by atoms with Crippen LogP contribution in [0.4, 0.5) is 4.79 Å². The lowest BCUT2D eigenvalue weighted by atomic mass is 10.2. The van der Waals surface area contributed by atoms with Crippen molar-refractivity contribution in [3.05, 3.63) is 24.2 Å². The Hall–Kier alpha value is -2.51. The minimum Gasteiger partial charge on any atom is -0.481 e. The number of carboxylic acids is 2. The molecule has 0 saturated carbocycles. The van der Waals surface area contributed by atoms with Crippen molar-refractivity contribution in [1.29, 1.82) is 0 Å². The molecule has 0 spiro atoms. The van der Waals surface area contributed by atoms with Gasteiger partial charge in [0.15, 0.2) is 0 Å². The fourth-order valence-electron chi connectivity index (χ4n) is 1.58. The van der Waals surface area contributed by atoms with Crippen molar-refractivity contribution in [3.63, 3.8) is 0 Å². The molecule has 1 rings (SSSR count). The van der Waals surface area contributed by atoms with E-state index in [2.05, 4.69) is 10.6 Å². The smallest absolute Gasteiger partial charge is 0.326 e. The lowest BCUT2D eigenvalue weighted by Crippen LogP contribution is -2.49. The molecule has 0 saturated heterocycles. The maximum Gasteiger partial charge on any atom is 0.326 e. The topological polar surface area (TPSA) is 129 Å². The first-order chi connectivity index (χ1) is 9.38. The highest BCUT2D eigenvalue weighted by molar-refractivity contribution is 5.86. The molecule has 0 aromatic carbocycles. The van der Waals surface area contributed by atoms with Crippen LogP contribution < -0.4 is 10.6 Å². The van der Waals surface area contributed by atoms with Crippen LogP contribution in [0, 0.1) is 0 Å². The number of furan rings is 1. The molecule has 4 N–H and O–H groups in total. The van der Waals surface area contributed by atoms with Gasteiger partial charge in [0.2, 0.25) is 0 Å². The predicted molar refractivity (Wildman–Crippen MR) is 67.2 cm³/mol. The van der Waals surface area contributed by atoms with Crippen molar-refractivity contribution in [1.82, 2.24) is 10.6 Å². The third-order valence-electron chi connectivity index (χ3n) is 2.45. The maximum absolute atomic E-state index is 11.6. The molecule has 1 aromatic heterocycles. The summed E-state index contributed by atoms with van der Waals surface area (Å²) in [5.74, 6) is -2.03. The first-order valence-electron chi connectivity index (χ1n) is 5.92. The molecule has 1 aromatic rings. The highest BCUT2D eigenvalue weighted by Crippen LogP contribution is 2.03. The highest BCUT2D eigenvalue weighted by Gasteiger charge is 2.23. The van der Waals surface area contributed by atoms with E-state index in [0.717, 1.165) is 0 Å². The summed E-state index contributed by atoms with van der Waals surface area (Å²) in [6.07, 6.45) is 1.27. The summed E-state index contributed by atoms with van der Waals surface area (Å²) in [6, 6.07) is 0.970. The Morgan fingerprint density at radius 3 is 2.50 bits per heavy atom. The monoisotopic (exact) mass is 284 g/mol. The third-order valence-corrected chi connectivity index (χ3v) is 2.45. The highest BCUT2D eigenvalue weighted by atomic mass is 16.4. The molecule has 0 radical (unpaired) electrons. The Kier molecular flexibility index (Phi) is 5.57. The predicted octanol–water partition coefficient (Wildman–Crippen LogP) is 0.438. The van der Waals surface area contributed by atoms with Crippen molar-refractivity contribution in [2.45, 2.75) is 31.8 Å². The summed E-state index contributed by atoms with van der Waals surface area (Å²) in [5, 5.41) is 22.0. The van der Waals surface area contributed by atoms with E-state index in [4.69, 9.17) is 14.6 Å². The zero-order valence-electron chi connectivity index (χ0n) is 10.8. The van der Waals surface area contributed by atoms with Gasteiger partial charge in [-0.25, -0.2) is 9.59 Å². The lowest BCUT2D eigenvalue weighted by molar-refractivity contribution is -0.145. The minimum absolute atomic E-state index is 0.291. The molecular weight excluding hydrogens is 268 g/mol. The van der Waals surface area contributed by atoms with E-state index >= 15 is 0 Å². The van der Waals surface area contributed by atoms with Gasteiger partial charge < -0.3 is 25.3 Å². The van der Waals surface area contributed by atoms with E-state index in [9.17, 15) is 14.4 Å². The average Bonchev–Trinajstić information content (AvgIpc) is 2.79. The molecule has 8 heteroatoms. The van der Waals surface area contributed by atoms with Crippen molar-refractivity contribution >= 4 is 18.0 Å². The second kappa shape index (κ2) is 7.17. The normalized spacial score (nSPS) is 13.2. The van der Waals surface area contributed by atoms with Gasteiger partial charge in [-0.3, -0.25) is 4.79 Å². The lowest BCUT2D eigenvalue weighted by Gasteiger charge is -2.16. The summed E-state index contributed by atoms with van der Waals surface area (Å²) in [5.41, 5.74) is 0. The number of hydrogen-bond acceptors (Lipinski definition) is 4. The molecule has 8 nitrogen and oxygen atoms in total. The summed E-state index contributed by atoms with van der Waals surface area (Å²) < 4.78 is 5.11. The molecule has 20 heavy (non-hydrogen) atoms. The SMILES string of the molecule is CC(Cc1ccco1)NC(=O)N[C@@H](CC(=O)O)C(=O)O. The fourth-order valence-corrected chi connectivity index (χ4v) is 1.58. The largest absolute Gasteiger partial charge is 0.481 e. The first kappa shape index (κ1) is 15.5. The molecule has 0 aliphatic rings. The van der Waals surface area contributed by atoms with Crippen molar-refractivity contribution in [2.75, 3.05) is 0 Å². The van der Waals surface area contributed by atoms with Crippen LogP contribution in [0.3, 0.4) is 0 Å². The quantitative estimate of drug-likeness (QED) is 0.575. The molecule has 2 amide bonds. The van der Waals surface area contributed by atoms with Crippen molar-refractivity contribution in [3.8, 4) is 0 Å². The first-order valence-corrected chi connectivity index (χ1v) is 5.92. The zero-order chi connectivity index (χ0) is 15.1. The number of aliphatic carboxylic acids is 2. The van der Waals surface area contributed by atoms with E-state index in [1.807, 2.05) is 0 Å². The zero-order valence-corrected chi connectivity index (χ0v) is 10.8. The number of rotatable bonds is 7. The number of carboxylic acid groups (broad SMARTS) is 2. The molecule has 0 bridgehead atoms. The standard InChI is InChI=1S/C12H16N2O6/c1-7(5-8-3-2-4-20-8)13-12(19)14-9(11(17)18)6-10(15)16/h2-4,7,9H,5-6H2,1H3,(H,15,16)(H,17,18)(H2,13,14,19)/t7?,9-/m0/s1. The van der Waals surface area contributed by atoms with E-state index in [0.29, 0.717) is 12.2 Å². The third kappa shape index (κ3) is 5.42. The van der Waals surface area contributed by atoms with E-state index in [1.54, 1.807) is 19.1 Å². The van der Waals surface area contributed by atoms with Crippen LogP contribution in [0.1, 0.15) is 19.1 Å². The van der Waals surface area contributed by atoms with Gasteiger partial charge in [-0.15, -0.1) is 0 Å². The van der Waals surface area contributed by atoms with E-state index in [-0.39, 0.29) is 6.04 Å². The van der Waals surface area contributed by atoms with Gasteiger partial charge in [-0.05, 0) is 19.1 Å². The minimum atomic E-state index is -1.47. The van der Waals surface area contributed by atoms with Gasteiger partial charge in [0.1, 0.15) is 11.8 Å². The number of carbonyl (C=O) groups excluding carboxylic acids is 1. The number of carbonyl (C=O) groups is 3. The Morgan fingerprint density at radius 2 is 2.00 bits per heavy atom. The second-order valence-electron chi connectivity index (χ2n) is 4.29. The Morgan fingerprint density at radius 1 is 1.30 bits per heavy atom. The molecule has 2 atom stereocenters. The van der Waals surface area contributed by atoms with Gasteiger partial charge in [-0.1, -0.05) is 0 Å². The molecule has 0 fully saturated rings. The molecule has 0 aliphatic heterocycles.